The maximum absolute atomic E-state index is 11.8. The predicted octanol–water partition coefficient (Wildman–Crippen LogP) is 1.45. The Morgan fingerprint density at radius 2 is 2.19 bits per heavy atom. The number of pyridine rings is 1. The Labute approximate surface area is 181 Å². The lowest BCUT2D eigenvalue weighted by molar-refractivity contribution is -0.117. The molecule has 4 N–H and O–H groups in total. The number of furan rings is 1. The van der Waals surface area contributed by atoms with E-state index in [1.165, 1.54) is 19.3 Å². The molecule has 1 saturated carbocycles. The molecule has 3 aliphatic heterocycles. The van der Waals surface area contributed by atoms with E-state index >= 15 is 0 Å². The first-order valence-corrected chi connectivity index (χ1v) is 10.9. The highest BCUT2D eigenvalue weighted by Crippen LogP contribution is 2.60. The number of ketones is 1. The number of nitrogens with one attached hydrogen (secondary N) is 2. The molecule has 0 aromatic carbocycles. The van der Waals surface area contributed by atoms with E-state index in [2.05, 4.69) is 15.6 Å². The molecule has 0 bridgehead atoms. The van der Waals surface area contributed by atoms with Crippen LogP contribution in [-0.2, 0) is 9.53 Å². The fourth-order valence-electron chi connectivity index (χ4n) is 4.29. The second-order valence-corrected chi connectivity index (χ2v) is 8.40. The minimum Gasteiger partial charge on any atom is -0.432 e. The SMILES string of the molecule is C1NC2CC23OC13.CNc1c(C(=O)CCN)oc2nc(C)ccc12.O=CN1CCCC1. The Hall–Kier alpha value is -2.49. The van der Waals surface area contributed by atoms with Gasteiger partial charge in [-0.2, -0.15) is 0 Å². The van der Waals surface area contributed by atoms with E-state index in [-0.39, 0.29) is 12.2 Å². The van der Waals surface area contributed by atoms with E-state index in [4.69, 9.17) is 14.9 Å². The average molecular weight is 430 g/mol. The van der Waals surface area contributed by atoms with Crippen molar-refractivity contribution >= 4 is 29.0 Å². The first-order valence-electron chi connectivity index (χ1n) is 10.9. The summed E-state index contributed by atoms with van der Waals surface area (Å²) in [6.45, 7) is 5.26. The summed E-state index contributed by atoms with van der Waals surface area (Å²) in [4.78, 5) is 27.8. The molecule has 2 aromatic heterocycles. The number of ether oxygens (including phenoxy) is 1. The Morgan fingerprint density at radius 1 is 1.42 bits per heavy atom. The molecule has 6 rings (SSSR count). The molecule has 3 unspecified atom stereocenters. The van der Waals surface area contributed by atoms with Crippen LogP contribution in [0.25, 0.3) is 11.1 Å². The van der Waals surface area contributed by atoms with Crippen molar-refractivity contribution in [1.82, 2.24) is 15.2 Å². The van der Waals surface area contributed by atoms with Gasteiger partial charge in [0, 0.05) is 44.8 Å². The number of nitrogens with zero attached hydrogens (tertiary/aromatic N) is 2. The Balaban J connectivity index is 0.000000133. The number of amides is 1. The van der Waals surface area contributed by atoms with Gasteiger partial charge in [-0.1, -0.05) is 0 Å². The topological polar surface area (TPSA) is 126 Å². The minimum atomic E-state index is -0.104. The highest BCUT2D eigenvalue weighted by molar-refractivity contribution is 6.06. The number of epoxide rings is 1. The molecule has 31 heavy (non-hydrogen) atoms. The molecule has 3 atom stereocenters. The van der Waals surface area contributed by atoms with Crippen LogP contribution in [0.1, 0.15) is 41.9 Å². The lowest BCUT2D eigenvalue weighted by atomic mass is 10.1. The number of hydrogen-bond donors (Lipinski definition) is 3. The Morgan fingerprint density at radius 3 is 2.65 bits per heavy atom. The van der Waals surface area contributed by atoms with Crippen molar-refractivity contribution in [3.05, 3.63) is 23.6 Å². The van der Waals surface area contributed by atoms with E-state index < -0.39 is 0 Å². The third-order valence-corrected chi connectivity index (χ3v) is 6.21. The average Bonchev–Trinajstić information content (AvgIpc) is 3.42. The van der Waals surface area contributed by atoms with Gasteiger partial charge in [0.25, 0.3) is 0 Å². The zero-order valence-electron chi connectivity index (χ0n) is 18.1. The molecular formula is C22H31N5O4. The van der Waals surface area contributed by atoms with E-state index in [0.717, 1.165) is 43.2 Å². The lowest BCUT2D eigenvalue weighted by Crippen LogP contribution is -2.16. The van der Waals surface area contributed by atoms with Gasteiger partial charge in [0.05, 0.1) is 11.1 Å². The molecule has 4 aliphatic rings. The van der Waals surface area contributed by atoms with Crippen LogP contribution in [0.15, 0.2) is 16.5 Å². The van der Waals surface area contributed by atoms with E-state index in [0.29, 0.717) is 35.4 Å². The Bertz CT molecular complexity index is 933. The number of carbonyl (C=O) groups is 2. The molecule has 1 spiro atoms. The molecule has 1 aliphatic carbocycles. The number of anilines is 1. The molecule has 0 radical (unpaired) electrons. The van der Waals surface area contributed by atoms with Crippen LogP contribution in [0, 0.1) is 6.92 Å². The van der Waals surface area contributed by atoms with Gasteiger partial charge in [0.1, 0.15) is 11.7 Å². The van der Waals surface area contributed by atoms with Gasteiger partial charge in [-0.15, -0.1) is 0 Å². The van der Waals surface area contributed by atoms with Crippen LogP contribution in [0.3, 0.4) is 0 Å². The lowest BCUT2D eigenvalue weighted by Gasteiger charge is -2.03. The summed E-state index contributed by atoms with van der Waals surface area (Å²) in [6, 6.07) is 4.54. The molecule has 3 saturated heterocycles. The largest absolute Gasteiger partial charge is 0.432 e. The van der Waals surface area contributed by atoms with Crippen molar-refractivity contribution in [3.8, 4) is 0 Å². The van der Waals surface area contributed by atoms with E-state index in [1.54, 1.807) is 11.9 Å². The van der Waals surface area contributed by atoms with E-state index in [1.807, 2.05) is 19.1 Å². The van der Waals surface area contributed by atoms with Crippen LogP contribution in [0.5, 0.6) is 0 Å². The first kappa shape index (κ1) is 21.7. The molecule has 5 heterocycles. The molecular weight excluding hydrogens is 398 g/mol. The number of aromatic nitrogens is 1. The number of aryl methyl sites for hydroxylation is 1. The van der Waals surface area contributed by atoms with Gasteiger partial charge in [-0.3, -0.25) is 9.59 Å². The normalized spacial score (nSPS) is 26.7. The molecule has 168 valence electrons. The minimum absolute atomic E-state index is 0.104. The standard InChI is InChI=1S/C12H15N3O2.C5H7NO.C5H9NO/c1-7-3-4-8-10(14-2)11(9(16)5-6-13)17-12(8)15-7;1-3-5(1)4(7-5)2-6-3;7-5-6-3-1-2-4-6/h3-4,14H,5-6,13H2,1-2H3;3-4,6H,1-2H2;5H,1-4H2. The van der Waals surface area contributed by atoms with Crippen molar-refractivity contribution in [2.75, 3.05) is 38.5 Å². The van der Waals surface area contributed by atoms with Crippen molar-refractivity contribution in [3.63, 3.8) is 0 Å². The van der Waals surface area contributed by atoms with Crippen molar-refractivity contribution in [1.29, 1.82) is 0 Å². The number of likely N-dealkylation sites (tertiary alicyclic amines) is 1. The summed E-state index contributed by atoms with van der Waals surface area (Å²) >= 11 is 0. The fourth-order valence-corrected chi connectivity index (χ4v) is 4.29. The van der Waals surface area contributed by atoms with E-state index in [9.17, 15) is 9.59 Å². The third kappa shape index (κ3) is 4.44. The molecule has 9 nitrogen and oxygen atoms in total. The maximum Gasteiger partial charge on any atom is 0.229 e. The summed E-state index contributed by atoms with van der Waals surface area (Å²) < 4.78 is 10.9. The second kappa shape index (κ2) is 8.94. The number of morpholine rings is 1. The van der Waals surface area contributed by atoms with Gasteiger partial charge >= 0.3 is 0 Å². The van der Waals surface area contributed by atoms with Crippen LogP contribution in [-0.4, -0.2) is 73.1 Å². The highest BCUT2D eigenvalue weighted by Gasteiger charge is 2.77. The number of fused-ring (bicyclic) bond motifs is 1. The summed E-state index contributed by atoms with van der Waals surface area (Å²) in [5.41, 5.74) is 7.82. The fraction of sp³-hybridized carbons (Fsp3) is 0.591. The number of Topliss-reactive ketones (excluding diaryl/α,β-unsaturated/α-hetero) is 1. The Kier molecular flexibility index (Phi) is 6.27. The second-order valence-electron chi connectivity index (χ2n) is 8.40. The summed E-state index contributed by atoms with van der Waals surface area (Å²) in [5.74, 6) is 0.207. The quantitative estimate of drug-likeness (QED) is 0.370. The number of rotatable bonds is 5. The molecule has 9 heteroatoms. The molecule has 4 fully saturated rings. The smallest absolute Gasteiger partial charge is 0.229 e. The summed E-state index contributed by atoms with van der Waals surface area (Å²) in [6.07, 6.45) is 5.49. The maximum atomic E-state index is 11.8. The number of piperidine rings is 1. The monoisotopic (exact) mass is 429 g/mol. The summed E-state index contributed by atoms with van der Waals surface area (Å²) in [5, 5.41) is 7.16. The predicted molar refractivity (Wildman–Crippen MR) is 117 cm³/mol. The highest BCUT2D eigenvalue weighted by atomic mass is 16.6. The first-order chi connectivity index (χ1) is 15.0. The number of hydrogen-bond acceptors (Lipinski definition) is 8. The van der Waals surface area contributed by atoms with Gasteiger partial charge in [-0.25, -0.2) is 4.98 Å². The molecule has 2 aromatic rings. The molecule has 1 amide bonds. The van der Waals surface area contributed by atoms with Crippen molar-refractivity contribution in [2.24, 2.45) is 5.73 Å². The van der Waals surface area contributed by atoms with Gasteiger partial charge < -0.3 is 30.4 Å². The third-order valence-electron chi connectivity index (χ3n) is 6.21. The number of nitrogens with two attached hydrogens (primary N) is 1. The van der Waals surface area contributed by atoms with Crippen LogP contribution in [0.4, 0.5) is 5.69 Å². The van der Waals surface area contributed by atoms with Crippen LogP contribution in [0.2, 0.25) is 0 Å². The van der Waals surface area contributed by atoms with Gasteiger partial charge in [0.15, 0.2) is 5.76 Å². The van der Waals surface area contributed by atoms with Crippen molar-refractivity contribution in [2.45, 2.75) is 50.4 Å². The van der Waals surface area contributed by atoms with Crippen LogP contribution >= 0.6 is 0 Å². The van der Waals surface area contributed by atoms with Gasteiger partial charge in [0.2, 0.25) is 17.9 Å². The van der Waals surface area contributed by atoms with Crippen LogP contribution < -0.4 is 16.4 Å². The summed E-state index contributed by atoms with van der Waals surface area (Å²) in [7, 11) is 1.75. The number of carbonyl (C=O) groups excluding carboxylic acids is 2. The zero-order chi connectivity index (χ0) is 22.0. The zero-order valence-corrected chi connectivity index (χ0v) is 18.1. The van der Waals surface area contributed by atoms with Gasteiger partial charge in [-0.05, 0) is 44.9 Å². The van der Waals surface area contributed by atoms with Crippen molar-refractivity contribution < 1.29 is 18.7 Å².